The highest BCUT2D eigenvalue weighted by molar-refractivity contribution is 6.31. The molecular weight excluding hydrogens is 282 g/mol. The molecule has 4 heteroatoms. The van der Waals surface area contributed by atoms with Crippen LogP contribution in [0.5, 0.6) is 0 Å². The number of nitrogens with two attached hydrogens (primary N) is 1. The fraction of sp³-hybridized carbons (Fsp3) is 0.529. The van der Waals surface area contributed by atoms with E-state index >= 15 is 0 Å². The van der Waals surface area contributed by atoms with Crippen molar-refractivity contribution in [1.82, 2.24) is 9.88 Å². The molecule has 2 aromatic rings. The Bertz CT molecular complexity index is 599. The summed E-state index contributed by atoms with van der Waals surface area (Å²) < 4.78 is 0. The average molecular weight is 306 g/mol. The van der Waals surface area contributed by atoms with Crippen LogP contribution in [0.3, 0.4) is 0 Å². The number of aromatic nitrogens is 1. The maximum absolute atomic E-state index is 6.17. The predicted molar refractivity (Wildman–Crippen MR) is 89.9 cm³/mol. The van der Waals surface area contributed by atoms with Crippen molar-refractivity contribution in [3.63, 3.8) is 0 Å². The van der Waals surface area contributed by atoms with Gasteiger partial charge in [-0.15, -0.1) is 0 Å². The number of likely N-dealkylation sites (tertiary alicyclic amines) is 1. The second-order valence-electron chi connectivity index (χ2n) is 6.05. The van der Waals surface area contributed by atoms with Crippen LogP contribution < -0.4 is 5.73 Å². The fourth-order valence-corrected chi connectivity index (χ4v) is 3.84. The molecule has 0 saturated carbocycles. The van der Waals surface area contributed by atoms with E-state index in [1.165, 1.54) is 36.9 Å². The Morgan fingerprint density at radius 2 is 2.14 bits per heavy atom. The Morgan fingerprint density at radius 1 is 1.38 bits per heavy atom. The van der Waals surface area contributed by atoms with Gasteiger partial charge in [0.1, 0.15) is 0 Å². The van der Waals surface area contributed by atoms with Gasteiger partial charge in [-0.1, -0.05) is 18.5 Å². The number of nitrogens with one attached hydrogen (secondary N) is 1. The van der Waals surface area contributed by atoms with Crippen LogP contribution in [-0.4, -0.2) is 36.1 Å². The van der Waals surface area contributed by atoms with E-state index in [1.807, 2.05) is 6.07 Å². The van der Waals surface area contributed by atoms with Gasteiger partial charge in [0.25, 0.3) is 0 Å². The number of fused-ring (bicyclic) bond motifs is 1. The number of aromatic amines is 1. The minimum absolute atomic E-state index is 0.427. The van der Waals surface area contributed by atoms with Crippen molar-refractivity contribution in [2.45, 2.75) is 25.7 Å². The largest absolute Gasteiger partial charge is 0.361 e. The van der Waals surface area contributed by atoms with Crippen molar-refractivity contribution in [3.05, 3.63) is 35.0 Å². The van der Waals surface area contributed by atoms with E-state index in [-0.39, 0.29) is 0 Å². The van der Waals surface area contributed by atoms with Gasteiger partial charge in [0, 0.05) is 28.0 Å². The molecule has 114 valence electrons. The molecule has 1 aromatic heterocycles. The quantitative estimate of drug-likeness (QED) is 0.906. The Hall–Kier alpha value is -1.03. The van der Waals surface area contributed by atoms with E-state index in [0.717, 1.165) is 17.1 Å². The van der Waals surface area contributed by atoms with Gasteiger partial charge in [0.2, 0.25) is 0 Å². The van der Waals surface area contributed by atoms with Gasteiger partial charge in [-0.2, -0.15) is 0 Å². The normalized spacial score (nSPS) is 19.2. The van der Waals surface area contributed by atoms with E-state index in [1.54, 1.807) is 0 Å². The molecular formula is C17H24ClN3. The van der Waals surface area contributed by atoms with Crippen LogP contribution in [0, 0.1) is 5.92 Å². The van der Waals surface area contributed by atoms with Gasteiger partial charge in [-0.05, 0) is 68.7 Å². The van der Waals surface area contributed by atoms with E-state index in [9.17, 15) is 0 Å². The van der Waals surface area contributed by atoms with Gasteiger partial charge < -0.3 is 15.6 Å². The molecule has 3 rings (SSSR count). The lowest BCUT2D eigenvalue weighted by Crippen LogP contribution is -2.36. The Balaban J connectivity index is 1.86. The topological polar surface area (TPSA) is 45.0 Å². The van der Waals surface area contributed by atoms with Gasteiger partial charge >= 0.3 is 0 Å². The monoisotopic (exact) mass is 305 g/mol. The maximum Gasteiger partial charge on any atom is 0.0457 e. The molecule has 1 atom stereocenters. The molecule has 1 saturated heterocycles. The number of halogens is 1. The molecule has 1 aromatic carbocycles. The summed E-state index contributed by atoms with van der Waals surface area (Å²) >= 11 is 6.17. The molecule has 21 heavy (non-hydrogen) atoms. The Kier molecular flexibility index (Phi) is 4.53. The number of piperidine rings is 1. The summed E-state index contributed by atoms with van der Waals surface area (Å²) in [5.74, 6) is 1.10. The van der Waals surface area contributed by atoms with Crippen LogP contribution in [0.2, 0.25) is 5.02 Å². The van der Waals surface area contributed by atoms with E-state index in [2.05, 4.69) is 35.1 Å². The maximum atomic E-state index is 6.17. The SMILES string of the molecule is CCN1CCC(C(CN)c2c[nH]c3ccc(Cl)cc23)CC1. The third-order valence-electron chi connectivity index (χ3n) is 4.98. The van der Waals surface area contributed by atoms with Crippen molar-refractivity contribution < 1.29 is 0 Å². The molecule has 0 aliphatic carbocycles. The van der Waals surface area contributed by atoms with Crippen molar-refractivity contribution in [2.75, 3.05) is 26.2 Å². The van der Waals surface area contributed by atoms with Gasteiger partial charge in [-0.3, -0.25) is 0 Å². The molecule has 0 bridgehead atoms. The van der Waals surface area contributed by atoms with Gasteiger partial charge in [-0.25, -0.2) is 0 Å². The summed E-state index contributed by atoms with van der Waals surface area (Å²) in [6, 6.07) is 6.04. The van der Waals surface area contributed by atoms with Crippen LogP contribution in [0.1, 0.15) is 31.2 Å². The minimum Gasteiger partial charge on any atom is -0.361 e. The third kappa shape index (κ3) is 2.96. The second-order valence-corrected chi connectivity index (χ2v) is 6.48. The first-order valence-electron chi connectivity index (χ1n) is 7.92. The summed E-state index contributed by atoms with van der Waals surface area (Å²) in [5.41, 5.74) is 8.62. The van der Waals surface area contributed by atoms with Crippen LogP contribution in [0.15, 0.2) is 24.4 Å². The van der Waals surface area contributed by atoms with E-state index in [0.29, 0.717) is 18.4 Å². The highest BCUT2D eigenvalue weighted by Crippen LogP contribution is 2.36. The number of nitrogens with zero attached hydrogens (tertiary/aromatic N) is 1. The van der Waals surface area contributed by atoms with Crippen LogP contribution in [-0.2, 0) is 0 Å². The fourth-order valence-electron chi connectivity index (χ4n) is 3.67. The molecule has 3 nitrogen and oxygen atoms in total. The lowest BCUT2D eigenvalue weighted by atomic mass is 9.80. The van der Waals surface area contributed by atoms with Gasteiger partial charge in [0.05, 0.1) is 0 Å². The summed E-state index contributed by atoms with van der Waals surface area (Å²) in [7, 11) is 0. The lowest BCUT2D eigenvalue weighted by molar-refractivity contribution is 0.176. The van der Waals surface area contributed by atoms with Crippen LogP contribution in [0.4, 0.5) is 0 Å². The molecule has 2 heterocycles. The zero-order valence-corrected chi connectivity index (χ0v) is 13.4. The highest BCUT2D eigenvalue weighted by Gasteiger charge is 2.27. The number of benzene rings is 1. The molecule has 0 amide bonds. The molecule has 1 aliphatic heterocycles. The standard InChI is InChI=1S/C17H24ClN3/c1-2-21-7-5-12(6-8-21)15(10-19)16-11-20-17-4-3-13(18)9-14(16)17/h3-4,9,11-12,15,20H,2,5-8,10,19H2,1H3. The predicted octanol–water partition coefficient (Wildman–Crippen LogP) is 3.60. The first kappa shape index (κ1) is 14.9. The highest BCUT2D eigenvalue weighted by atomic mass is 35.5. The second kappa shape index (κ2) is 6.39. The summed E-state index contributed by atoms with van der Waals surface area (Å²) in [4.78, 5) is 5.89. The van der Waals surface area contributed by atoms with Crippen LogP contribution >= 0.6 is 11.6 Å². The first-order chi connectivity index (χ1) is 10.2. The van der Waals surface area contributed by atoms with Crippen molar-refractivity contribution in [2.24, 2.45) is 11.7 Å². The smallest absolute Gasteiger partial charge is 0.0457 e. The zero-order chi connectivity index (χ0) is 14.8. The minimum atomic E-state index is 0.427. The molecule has 1 fully saturated rings. The molecule has 0 spiro atoms. The lowest BCUT2D eigenvalue weighted by Gasteiger charge is -2.35. The summed E-state index contributed by atoms with van der Waals surface area (Å²) in [6.45, 7) is 6.49. The summed E-state index contributed by atoms with van der Waals surface area (Å²) in [6.07, 6.45) is 4.61. The average Bonchev–Trinajstić information content (AvgIpc) is 2.92. The third-order valence-corrected chi connectivity index (χ3v) is 5.21. The van der Waals surface area contributed by atoms with Crippen molar-refractivity contribution in [3.8, 4) is 0 Å². The number of H-pyrrole nitrogens is 1. The van der Waals surface area contributed by atoms with E-state index in [4.69, 9.17) is 17.3 Å². The molecule has 0 radical (unpaired) electrons. The zero-order valence-electron chi connectivity index (χ0n) is 12.6. The number of hydrogen-bond donors (Lipinski definition) is 2. The summed E-state index contributed by atoms with van der Waals surface area (Å²) in [5, 5.41) is 2.02. The van der Waals surface area contributed by atoms with Gasteiger partial charge in [0.15, 0.2) is 0 Å². The molecule has 1 unspecified atom stereocenters. The molecule has 1 aliphatic rings. The Labute approximate surface area is 131 Å². The van der Waals surface area contributed by atoms with E-state index < -0.39 is 0 Å². The van der Waals surface area contributed by atoms with Crippen molar-refractivity contribution >= 4 is 22.5 Å². The number of rotatable bonds is 4. The first-order valence-corrected chi connectivity index (χ1v) is 8.29. The van der Waals surface area contributed by atoms with Crippen LogP contribution in [0.25, 0.3) is 10.9 Å². The molecule has 3 N–H and O–H groups in total. The Morgan fingerprint density at radius 3 is 2.81 bits per heavy atom. The number of hydrogen-bond acceptors (Lipinski definition) is 2. The van der Waals surface area contributed by atoms with Crippen molar-refractivity contribution in [1.29, 1.82) is 0 Å².